The molecule has 23 heavy (non-hydrogen) atoms. The van der Waals surface area contributed by atoms with Gasteiger partial charge in [-0.1, -0.05) is 24.3 Å². The van der Waals surface area contributed by atoms with Gasteiger partial charge >= 0.3 is 0 Å². The predicted molar refractivity (Wildman–Crippen MR) is 86.1 cm³/mol. The quantitative estimate of drug-likeness (QED) is 0.885. The Labute approximate surface area is 135 Å². The maximum absolute atomic E-state index is 12.6. The van der Waals surface area contributed by atoms with Crippen LogP contribution < -0.4 is 5.32 Å². The molecule has 0 spiro atoms. The second-order valence-corrected chi connectivity index (χ2v) is 8.27. The molecule has 2 aliphatic rings. The fourth-order valence-corrected chi connectivity index (χ4v) is 5.15. The highest BCUT2D eigenvalue weighted by atomic mass is 32.2. The van der Waals surface area contributed by atoms with Gasteiger partial charge < -0.3 is 10.3 Å². The Hall–Kier alpha value is -2.08. The van der Waals surface area contributed by atoms with Crippen LogP contribution in [-0.2, 0) is 22.7 Å². The van der Waals surface area contributed by atoms with Crippen LogP contribution in [0, 0.1) is 0 Å². The zero-order valence-electron chi connectivity index (χ0n) is 12.6. The Balaban J connectivity index is 1.61. The van der Waals surface area contributed by atoms with Crippen LogP contribution >= 0.6 is 0 Å². The zero-order chi connectivity index (χ0) is 16.0. The van der Waals surface area contributed by atoms with Crippen LogP contribution in [-0.4, -0.2) is 25.1 Å². The number of H-pyrrole nitrogens is 1. The molecule has 1 atom stereocenters. The molecule has 1 aliphatic heterocycles. The molecular weight excluding hydrogens is 312 g/mol. The van der Waals surface area contributed by atoms with Crippen molar-refractivity contribution in [3.05, 3.63) is 52.8 Å². The van der Waals surface area contributed by atoms with Gasteiger partial charge in [-0.3, -0.25) is 4.79 Å². The Morgan fingerprint density at radius 2 is 2.04 bits per heavy atom. The average molecular weight is 330 g/mol. The van der Waals surface area contributed by atoms with Crippen molar-refractivity contribution in [1.29, 1.82) is 0 Å². The summed E-state index contributed by atoms with van der Waals surface area (Å²) in [4.78, 5) is 15.8. The summed E-state index contributed by atoms with van der Waals surface area (Å²) in [5.74, 6) is -0.121. The first kappa shape index (κ1) is 14.5. The Morgan fingerprint density at radius 3 is 2.91 bits per heavy atom. The number of aromatic nitrogens is 1. The molecule has 2 N–H and O–H groups in total. The van der Waals surface area contributed by atoms with Gasteiger partial charge in [0.25, 0.3) is 5.91 Å². The molecule has 0 bridgehead atoms. The van der Waals surface area contributed by atoms with Gasteiger partial charge in [0.1, 0.15) is 5.69 Å². The van der Waals surface area contributed by atoms with E-state index < -0.39 is 9.84 Å². The number of amides is 1. The first-order valence-corrected chi connectivity index (χ1v) is 9.53. The maximum atomic E-state index is 12.6. The molecule has 1 amide bonds. The van der Waals surface area contributed by atoms with Crippen molar-refractivity contribution in [3.63, 3.8) is 0 Å². The van der Waals surface area contributed by atoms with E-state index in [2.05, 4.69) is 22.4 Å². The highest BCUT2D eigenvalue weighted by Crippen LogP contribution is 2.31. The molecule has 0 saturated heterocycles. The maximum Gasteiger partial charge on any atom is 0.268 e. The topological polar surface area (TPSA) is 79.0 Å². The van der Waals surface area contributed by atoms with Crippen molar-refractivity contribution in [1.82, 2.24) is 10.3 Å². The van der Waals surface area contributed by atoms with Gasteiger partial charge in [0.05, 0.1) is 16.7 Å². The third-order valence-electron chi connectivity index (χ3n) is 4.80. The SMILES string of the molecule is O=C(NC1CCCc2ccccc21)c1[nH]cc2c1CCS2(=O)=O. The average Bonchev–Trinajstić information content (AvgIpc) is 3.09. The van der Waals surface area contributed by atoms with E-state index in [-0.39, 0.29) is 22.6 Å². The predicted octanol–water partition coefficient (Wildman–Crippen LogP) is 2.15. The standard InChI is InChI=1S/C17H18N2O3S/c20-17(16-13-8-9-23(21,22)15(13)10-18-16)19-14-7-3-5-11-4-1-2-6-12(11)14/h1-2,4,6,10,14,18H,3,5,7-9H2,(H,19,20). The van der Waals surface area contributed by atoms with Crippen LogP contribution in [0.3, 0.4) is 0 Å². The summed E-state index contributed by atoms with van der Waals surface area (Å²) in [6.45, 7) is 0. The molecule has 1 unspecified atom stereocenters. The van der Waals surface area contributed by atoms with E-state index in [1.807, 2.05) is 12.1 Å². The number of fused-ring (bicyclic) bond motifs is 2. The normalized spacial score (nSPS) is 21.5. The fraction of sp³-hybridized carbons (Fsp3) is 0.353. The lowest BCUT2D eigenvalue weighted by Crippen LogP contribution is -2.31. The molecular formula is C17H18N2O3S. The van der Waals surface area contributed by atoms with Gasteiger partial charge in [0, 0.05) is 11.8 Å². The molecule has 4 rings (SSSR count). The molecule has 1 aliphatic carbocycles. The van der Waals surface area contributed by atoms with Crippen LogP contribution in [0.15, 0.2) is 35.4 Å². The smallest absolute Gasteiger partial charge is 0.268 e. The summed E-state index contributed by atoms with van der Waals surface area (Å²) in [7, 11) is -3.21. The van der Waals surface area contributed by atoms with Gasteiger partial charge in [-0.15, -0.1) is 0 Å². The molecule has 1 aromatic heterocycles. The second kappa shape index (κ2) is 5.23. The number of rotatable bonds is 2. The van der Waals surface area contributed by atoms with Crippen LogP contribution in [0.2, 0.25) is 0 Å². The van der Waals surface area contributed by atoms with Crippen molar-refractivity contribution < 1.29 is 13.2 Å². The third kappa shape index (κ3) is 2.37. The number of benzene rings is 1. The number of aryl methyl sites for hydroxylation is 1. The third-order valence-corrected chi connectivity index (χ3v) is 6.58. The van der Waals surface area contributed by atoms with Crippen molar-refractivity contribution in [2.24, 2.45) is 0 Å². The molecule has 1 aromatic carbocycles. The van der Waals surface area contributed by atoms with E-state index in [4.69, 9.17) is 0 Å². The van der Waals surface area contributed by atoms with Crippen molar-refractivity contribution in [3.8, 4) is 0 Å². The van der Waals surface area contributed by atoms with Crippen LogP contribution in [0.5, 0.6) is 0 Å². The Morgan fingerprint density at radius 1 is 1.22 bits per heavy atom. The van der Waals surface area contributed by atoms with E-state index in [0.717, 1.165) is 19.3 Å². The summed E-state index contributed by atoms with van der Waals surface area (Å²) in [5.41, 5.74) is 3.47. The van der Waals surface area contributed by atoms with Gasteiger partial charge in [0.15, 0.2) is 9.84 Å². The van der Waals surface area contributed by atoms with Gasteiger partial charge in [-0.05, 0) is 36.8 Å². The van der Waals surface area contributed by atoms with E-state index in [0.29, 0.717) is 17.7 Å². The lowest BCUT2D eigenvalue weighted by Gasteiger charge is -2.26. The largest absolute Gasteiger partial charge is 0.356 e. The molecule has 2 heterocycles. The number of carbonyl (C=O) groups is 1. The first-order chi connectivity index (χ1) is 11.1. The minimum Gasteiger partial charge on any atom is -0.356 e. The number of aromatic amines is 1. The second-order valence-electron chi connectivity index (χ2n) is 6.19. The molecule has 0 saturated carbocycles. The monoisotopic (exact) mass is 330 g/mol. The number of sulfone groups is 1. The van der Waals surface area contributed by atoms with Crippen LogP contribution in [0.1, 0.15) is 46.1 Å². The van der Waals surface area contributed by atoms with E-state index in [1.54, 1.807) is 0 Å². The Kier molecular flexibility index (Phi) is 3.30. The molecule has 0 fully saturated rings. The van der Waals surface area contributed by atoms with E-state index >= 15 is 0 Å². The molecule has 120 valence electrons. The number of hydrogen-bond acceptors (Lipinski definition) is 3. The molecule has 0 radical (unpaired) electrons. The summed E-state index contributed by atoms with van der Waals surface area (Å²) < 4.78 is 23.8. The summed E-state index contributed by atoms with van der Waals surface area (Å²) in [5, 5.41) is 3.07. The van der Waals surface area contributed by atoms with E-state index in [9.17, 15) is 13.2 Å². The minimum atomic E-state index is -3.21. The van der Waals surface area contributed by atoms with Crippen LogP contribution in [0.4, 0.5) is 0 Å². The lowest BCUT2D eigenvalue weighted by atomic mass is 9.87. The summed E-state index contributed by atoms with van der Waals surface area (Å²) in [6.07, 6.45) is 4.84. The fourth-order valence-electron chi connectivity index (χ4n) is 3.64. The number of hydrogen-bond donors (Lipinski definition) is 2. The lowest BCUT2D eigenvalue weighted by molar-refractivity contribution is 0.0927. The van der Waals surface area contributed by atoms with Gasteiger partial charge in [-0.25, -0.2) is 8.42 Å². The number of carbonyl (C=O) groups excluding carboxylic acids is 1. The molecule has 6 heteroatoms. The van der Waals surface area contributed by atoms with Gasteiger partial charge in [0.2, 0.25) is 0 Å². The van der Waals surface area contributed by atoms with Crippen LogP contribution in [0.25, 0.3) is 0 Å². The Bertz CT molecular complexity index is 883. The van der Waals surface area contributed by atoms with Gasteiger partial charge in [-0.2, -0.15) is 0 Å². The van der Waals surface area contributed by atoms with Crippen molar-refractivity contribution in [2.75, 3.05) is 5.75 Å². The highest BCUT2D eigenvalue weighted by Gasteiger charge is 2.32. The summed E-state index contributed by atoms with van der Waals surface area (Å²) >= 11 is 0. The first-order valence-electron chi connectivity index (χ1n) is 7.88. The minimum absolute atomic E-state index is 0.00981. The molecule has 2 aromatic rings. The summed E-state index contributed by atoms with van der Waals surface area (Å²) in [6, 6.07) is 8.16. The van der Waals surface area contributed by atoms with Crippen molar-refractivity contribution in [2.45, 2.75) is 36.6 Å². The van der Waals surface area contributed by atoms with E-state index in [1.165, 1.54) is 17.3 Å². The number of nitrogens with one attached hydrogen (secondary N) is 2. The highest BCUT2D eigenvalue weighted by molar-refractivity contribution is 7.91. The van der Waals surface area contributed by atoms with Crippen molar-refractivity contribution >= 4 is 15.7 Å². The molecule has 5 nitrogen and oxygen atoms in total. The zero-order valence-corrected chi connectivity index (χ0v) is 13.4.